The summed E-state index contributed by atoms with van der Waals surface area (Å²) in [5, 5.41) is 5.01. The summed E-state index contributed by atoms with van der Waals surface area (Å²) in [4.78, 5) is 50.4. The number of carbonyl (C=O) groups excluding carboxylic acids is 4. The highest BCUT2D eigenvalue weighted by Crippen LogP contribution is 2.36. The fourth-order valence-electron chi connectivity index (χ4n) is 5.01. The van der Waals surface area contributed by atoms with Crippen molar-refractivity contribution in [1.82, 2.24) is 15.2 Å². The predicted molar refractivity (Wildman–Crippen MR) is 153 cm³/mol. The van der Waals surface area contributed by atoms with Gasteiger partial charge in [0.1, 0.15) is 5.57 Å². The van der Waals surface area contributed by atoms with Crippen LogP contribution in [-0.4, -0.2) is 28.2 Å². The van der Waals surface area contributed by atoms with Gasteiger partial charge in [0, 0.05) is 22.0 Å². The van der Waals surface area contributed by atoms with Gasteiger partial charge in [-0.1, -0.05) is 103 Å². The van der Waals surface area contributed by atoms with E-state index in [9.17, 15) is 19.2 Å². The number of nitrogens with zero attached hydrogens (tertiary/aromatic N) is 1. The number of rotatable bonds is 6. The van der Waals surface area contributed by atoms with Crippen molar-refractivity contribution in [2.75, 3.05) is 0 Å². The molecule has 1 aliphatic rings. The first-order valence-corrected chi connectivity index (χ1v) is 12.7. The zero-order valence-electron chi connectivity index (χ0n) is 21.3. The number of aromatic nitrogens is 1. The van der Waals surface area contributed by atoms with E-state index in [1.54, 1.807) is 0 Å². The summed E-state index contributed by atoms with van der Waals surface area (Å²) < 4.78 is 1.91. The number of amides is 4. The van der Waals surface area contributed by atoms with Gasteiger partial charge in [-0.2, -0.15) is 0 Å². The summed E-state index contributed by atoms with van der Waals surface area (Å²) in [5.41, 5.74) is 5.33. The van der Waals surface area contributed by atoms with Crippen LogP contribution in [0.5, 0.6) is 0 Å². The fourth-order valence-corrected chi connectivity index (χ4v) is 5.01. The van der Waals surface area contributed by atoms with Crippen molar-refractivity contribution in [3.8, 4) is 22.4 Å². The first-order valence-electron chi connectivity index (χ1n) is 12.7. The molecule has 40 heavy (non-hydrogen) atoms. The smallest absolute Gasteiger partial charge is 0.328 e. The lowest BCUT2D eigenvalue weighted by Gasteiger charge is -2.15. The number of nitrogens with one attached hydrogen (secondary N) is 2. The Bertz CT molecular complexity index is 1800. The molecule has 0 unspecified atom stereocenters. The molecular weight excluding hydrogens is 502 g/mol. The molecule has 0 spiro atoms. The molecule has 194 valence electrons. The van der Waals surface area contributed by atoms with Gasteiger partial charge in [0.2, 0.25) is 0 Å². The van der Waals surface area contributed by atoms with Crippen molar-refractivity contribution in [1.29, 1.82) is 0 Å². The number of hydrogen-bond donors (Lipinski definition) is 2. The van der Waals surface area contributed by atoms with Crippen LogP contribution in [0.25, 0.3) is 39.4 Å². The van der Waals surface area contributed by atoms with E-state index in [0.717, 1.165) is 27.6 Å². The van der Waals surface area contributed by atoms with Crippen molar-refractivity contribution in [2.45, 2.75) is 6.54 Å². The summed E-state index contributed by atoms with van der Waals surface area (Å²) in [6, 6.07) is 33.6. The minimum absolute atomic E-state index is 0.0372. The molecule has 5 aromatic rings. The monoisotopic (exact) mass is 525 g/mol. The molecule has 0 aliphatic carbocycles. The highest BCUT2D eigenvalue weighted by Gasteiger charge is 2.29. The number of ketones is 1. The molecular formula is C33H23N3O4. The van der Waals surface area contributed by atoms with Crippen LogP contribution in [0.15, 0.2) is 115 Å². The van der Waals surface area contributed by atoms with Gasteiger partial charge in [0.25, 0.3) is 11.8 Å². The fraction of sp³-hybridized carbons (Fsp3) is 0.0303. The maximum atomic E-state index is 13.6. The standard InChI is InChI=1S/C33H23N3O4/c37-29(23-17-15-22(16-18-23)21-9-3-1-4-10-21)20-36-28-14-8-7-13-25(28)26(30(36)24-11-5-2-6-12-24)19-27-31(38)34-33(40)35-32(27)39/h1-19H,20H2,(H2,34,35,38,39,40). The van der Waals surface area contributed by atoms with E-state index in [2.05, 4.69) is 10.6 Å². The normalized spacial score (nSPS) is 13.2. The topological polar surface area (TPSA) is 97.3 Å². The highest BCUT2D eigenvalue weighted by atomic mass is 16.2. The predicted octanol–water partition coefficient (Wildman–Crippen LogP) is 5.61. The van der Waals surface area contributed by atoms with E-state index in [-0.39, 0.29) is 17.9 Å². The van der Waals surface area contributed by atoms with Crippen LogP contribution < -0.4 is 10.6 Å². The van der Waals surface area contributed by atoms with Crippen molar-refractivity contribution >= 4 is 40.6 Å². The largest absolute Gasteiger partial charge is 0.332 e. The number of benzene rings is 4. The molecule has 4 aromatic carbocycles. The molecule has 1 fully saturated rings. The number of barbiturate groups is 1. The van der Waals surface area contributed by atoms with E-state index in [1.807, 2.05) is 114 Å². The van der Waals surface area contributed by atoms with Gasteiger partial charge in [-0.15, -0.1) is 0 Å². The van der Waals surface area contributed by atoms with Gasteiger partial charge in [-0.05, 0) is 28.8 Å². The Morgan fingerprint density at radius 2 is 1.20 bits per heavy atom. The Balaban J connectivity index is 1.47. The minimum Gasteiger partial charge on any atom is -0.332 e. The third kappa shape index (κ3) is 4.61. The summed E-state index contributed by atoms with van der Waals surface area (Å²) in [7, 11) is 0. The third-order valence-electron chi connectivity index (χ3n) is 6.91. The molecule has 6 rings (SSSR count). The van der Waals surface area contributed by atoms with E-state index >= 15 is 0 Å². The van der Waals surface area contributed by atoms with Gasteiger partial charge >= 0.3 is 6.03 Å². The van der Waals surface area contributed by atoms with Crippen LogP contribution in [0.4, 0.5) is 4.79 Å². The molecule has 1 aliphatic heterocycles. The zero-order valence-corrected chi connectivity index (χ0v) is 21.3. The van der Waals surface area contributed by atoms with Gasteiger partial charge in [-0.3, -0.25) is 25.0 Å². The number of fused-ring (bicyclic) bond motifs is 1. The summed E-state index contributed by atoms with van der Waals surface area (Å²) in [6.07, 6.45) is 1.48. The van der Waals surface area contributed by atoms with Crippen molar-refractivity contribution < 1.29 is 19.2 Å². The second kappa shape index (κ2) is 10.3. The first kappa shape index (κ1) is 24.8. The van der Waals surface area contributed by atoms with E-state index < -0.39 is 17.8 Å². The number of Topliss-reactive ketones (excluding diaryl/α,β-unsaturated/α-hetero) is 1. The molecule has 0 bridgehead atoms. The van der Waals surface area contributed by atoms with E-state index in [4.69, 9.17) is 0 Å². The Labute approximate surface area is 229 Å². The molecule has 0 saturated carbocycles. The van der Waals surface area contributed by atoms with E-state index in [0.29, 0.717) is 16.8 Å². The van der Waals surface area contributed by atoms with Crippen LogP contribution in [0, 0.1) is 0 Å². The second-order valence-corrected chi connectivity index (χ2v) is 9.39. The summed E-state index contributed by atoms with van der Waals surface area (Å²) in [5.74, 6) is -1.64. The first-order chi connectivity index (χ1) is 19.5. The lowest BCUT2D eigenvalue weighted by molar-refractivity contribution is -0.123. The summed E-state index contributed by atoms with van der Waals surface area (Å²) >= 11 is 0. The quantitative estimate of drug-likeness (QED) is 0.171. The van der Waals surface area contributed by atoms with Crippen LogP contribution in [-0.2, 0) is 16.1 Å². The number of hydrogen-bond acceptors (Lipinski definition) is 4. The van der Waals surface area contributed by atoms with Crippen LogP contribution in [0.3, 0.4) is 0 Å². The third-order valence-corrected chi connectivity index (χ3v) is 6.91. The number of urea groups is 1. The Morgan fingerprint density at radius 3 is 1.85 bits per heavy atom. The molecule has 1 aromatic heterocycles. The van der Waals surface area contributed by atoms with Gasteiger partial charge < -0.3 is 4.57 Å². The maximum absolute atomic E-state index is 13.6. The Hall–Kier alpha value is -5.56. The minimum atomic E-state index is -0.859. The second-order valence-electron chi connectivity index (χ2n) is 9.39. The zero-order chi connectivity index (χ0) is 27.6. The lowest BCUT2D eigenvalue weighted by atomic mass is 10.0. The molecule has 2 N–H and O–H groups in total. The van der Waals surface area contributed by atoms with E-state index in [1.165, 1.54) is 6.08 Å². The molecule has 1 saturated heterocycles. The molecule has 0 atom stereocenters. The lowest BCUT2D eigenvalue weighted by Crippen LogP contribution is -2.51. The maximum Gasteiger partial charge on any atom is 0.328 e. The molecule has 0 radical (unpaired) electrons. The van der Waals surface area contributed by atoms with Gasteiger partial charge in [0.15, 0.2) is 5.78 Å². The average molecular weight is 526 g/mol. The van der Waals surface area contributed by atoms with Gasteiger partial charge in [0.05, 0.1) is 12.2 Å². The Morgan fingerprint density at radius 1 is 0.650 bits per heavy atom. The highest BCUT2D eigenvalue weighted by molar-refractivity contribution is 6.31. The average Bonchev–Trinajstić information content (AvgIpc) is 3.28. The SMILES string of the molecule is O=C1NC(=O)C(=Cc2c(-c3ccccc3)n(CC(=O)c3ccc(-c4ccccc4)cc3)c3ccccc23)C(=O)N1. The Kier molecular flexibility index (Phi) is 6.38. The number of imide groups is 2. The summed E-state index contributed by atoms with van der Waals surface area (Å²) in [6.45, 7) is 0.0372. The van der Waals surface area contributed by atoms with Crippen LogP contribution in [0.2, 0.25) is 0 Å². The van der Waals surface area contributed by atoms with Crippen LogP contribution >= 0.6 is 0 Å². The number of carbonyl (C=O) groups is 4. The van der Waals surface area contributed by atoms with Crippen molar-refractivity contribution in [3.63, 3.8) is 0 Å². The van der Waals surface area contributed by atoms with Crippen LogP contribution in [0.1, 0.15) is 15.9 Å². The molecule has 2 heterocycles. The van der Waals surface area contributed by atoms with Crippen molar-refractivity contribution in [2.24, 2.45) is 0 Å². The molecule has 4 amide bonds. The number of para-hydroxylation sites is 1. The van der Waals surface area contributed by atoms with Crippen molar-refractivity contribution in [3.05, 3.63) is 126 Å². The molecule has 7 nitrogen and oxygen atoms in total. The van der Waals surface area contributed by atoms with Gasteiger partial charge in [-0.25, -0.2) is 4.79 Å². The molecule has 7 heteroatoms.